The molecule has 5 heterocycles. The Labute approximate surface area is 202 Å². The zero-order valence-electron chi connectivity index (χ0n) is 20.1. The van der Waals surface area contributed by atoms with Crippen LogP contribution in [0.5, 0.6) is 0 Å². The van der Waals surface area contributed by atoms with Crippen LogP contribution in [-0.4, -0.2) is 39.8 Å². The number of nitrogens with zero attached hydrogens (tertiary/aromatic N) is 7. The molecule has 1 aliphatic heterocycles. The van der Waals surface area contributed by atoms with Crippen LogP contribution in [0.15, 0.2) is 36.8 Å². The van der Waals surface area contributed by atoms with Gasteiger partial charge < -0.3 is 14.5 Å². The van der Waals surface area contributed by atoms with Crippen molar-refractivity contribution in [2.24, 2.45) is 7.05 Å². The van der Waals surface area contributed by atoms with Crippen LogP contribution in [-0.2, 0) is 25.6 Å². The molecule has 0 aromatic carbocycles. The summed E-state index contributed by atoms with van der Waals surface area (Å²) in [7, 11) is 1.82. The number of alkyl halides is 1. The maximum absolute atomic E-state index is 15.3. The Kier molecular flexibility index (Phi) is 4.84. The Morgan fingerprint density at radius 3 is 2.63 bits per heavy atom. The smallest absolute Gasteiger partial charge is 0.180 e. The van der Waals surface area contributed by atoms with Gasteiger partial charge in [0, 0.05) is 43.5 Å². The average Bonchev–Trinajstić information content (AvgIpc) is 3.45. The third-order valence-corrected chi connectivity index (χ3v) is 7.67. The Morgan fingerprint density at radius 2 is 1.94 bits per heavy atom. The van der Waals surface area contributed by atoms with Crippen LogP contribution < -0.4 is 5.32 Å². The normalized spacial score (nSPS) is 16.8. The van der Waals surface area contributed by atoms with Gasteiger partial charge in [-0.1, -0.05) is 6.42 Å². The van der Waals surface area contributed by atoms with Crippen LogP contribution in [0.25, 0.3) is 22.6 Å². The van der Waals surface area contributed by atoms with Crippen molar-refractivity contribution >= 4 is 11.6 Å². The van der Waals surface area contributed by atoms with Crippen LogP contribution >= 0.6 is 0 Å². The fourth-order valence-corrected chi connectivity index (χ4v) is 5.46. The van der Waals surface area contributed by atoms with E-state index in [1.807, 2.05) is 25.4 Å². The van der Waals surface area contributed by atoms with Gasteiger partial charge >= 0.3 is 0 Å². The molecule has 8 nitrogen and oxygen atoms in total. The molecule has 0 radical (unpaired) electrons. The largest absolute Gasteiger partial charge is 0.344 e. The monoisotopic (exact) mass is 478 g/mol. The number of rotatable bonds is 5. The predicted octanol–water partition coefficient (Wildman–Crippen LogP) is 5.00. The number of halogens is 2. The average molecular weight is 479 g/mol. The van der Waals surface area contributed by atoms with Gasteiger partial charge in [0.1, 0.15) is 28.9 Å². The lowest BCUT2D eigenvalue weighted by atomic mass is 9.60. The molecule has 1 N–H and O–H groups in total. The van der Waals surface area contributed by atoms with E-state index >= 15 is 4.39 Å². The summed E-state index contributed by atoms with van der Waals surface area (Å²) in [5, 5.41) is 16.4. The number of nitrogens with one attached hydrogen (secondary N) is 1. The van der Waals surface area contributed by atoms with Gasteiger partial charge in [-0.05, 0) is 45.2 Å². The van der Waals surface area contributed by atoms with Crippen LogP contribution in [0.2, 0.25) is 0 Å². The molecule has 4 aromatic rings. The zero-order chi connectivity index (χ0) is 24.4. The lowest BCUT2D eigenvalue weighted by Crippen LogP contribution is -2.51. The second kappa shape index (κ2) is 7.73. The number of pyridine rings is 1. The minimum absolute atomic E-state index is 0.406. The third kappa shape index (κ3) is 3.37. The molecule has 0 atom stereocenters. The van der Waals surface area contributed by atoms with Gasteiger partial charge in [0.2, 0.25) is 0 Å². The molecule has 1 saturated carbocycles. The molecule has 0 spiro atoms. The number of aryl methyl sites for hydroxylation is 2. The maximum atomic E-state index is 15.3. The van der Waals surface area contributed by atoms with Crippen molar-refractivity contribution in [3.8, 4) is 22.6 Å². The Hall–Kier alpha value is -3.56. The van der Waals surface area contributed by atoms with Crippen molar-refractivity contribution in [2.45, 2.75) is 63.7 Å². The molecule has 10 heteroatoms. The first kappa shape index (κ1) is 21.9. The highest BCUT2D eigenvalue weighted by Crippen LogP contribution is 2.53. The summed E-state index contributed by atoms with van der Waals surface area (Å²) in [5.74, 6) is 2.32. The van der Waals surface area contributed by atoms with Crippen molar-refractivity contribution in [3.05, 3.63) is 48.4 Å². The first-order valence-corrected chi connectivity index (χ1v) is 12.0. The molecule has 0 bridgehead atoms. The molecule has 182 valence electrons. The highest BCUT2D eigenvalue weighted by molar-refractivity contribution is 5.73. The molecule has 6 rings (SSSR count). The summed E-state index contributed by atoms with van der Waals surface area (Å²) in [6, 6.07) is 5.46. The summed E-state index contributed by atoms with van der Waals surface area (Å²) in [4.78, 5) is 4.19. The number of hydrogen-bond acceptors (Lipinski definition) is 5. The first-order chi connectivity index (χ1) is 16.8. The molecule has 2 aliphatic rings. The molecule has 0 unspecified atom stereocenters. The van der Waals surface area contributed by atoms with Gasteiger partial charge in [-0.15, -0.1) is 10.2 Å². The second-order valence-electron chi connectivity index (χ2n) is 10.1. The molecule has 0 saturated heterocycles. The highest BCUT2D eigenvalue weighted by Gasteiger charge is 2.55. The summed E-state index contributed by atoms with van der Waals surface area (Å²) in [5.41, 5.74) is 0.0463. The quantitative estimate of drug-likeness (QED) is 0.437. The molecule has 1 fully saturated rings. The third-order valence-electron chi connectivity index (χ3n) is 7.67. The summed E-state index contributed by atoms with van der Waals surface area (Å²) in [6.07, 6.45) is 8.25. The van der Waals surface area contributed by atoms with E-state index in [4.69, 9.17) is 0 Å². The topological polar surface area (TPSA) is 78.4 Å². The molecule has 1 aliphatic carbocycles. The van der Waals surface area contributed by atoms with Crippen LogP contribution in [0.3, 0.4) is 0 Å². The summed E-state index contributed by atoms with van der Waals surface area (Å²) >= 11 is 0. The predicted molar refractivity (Wildman–Crippen MR) is 128 cm³/mol. The molecule has 4 aromatic heterocycles. The van der Waals surface area contributed by atoms with Crippen molar-refractivity contribution in [1.29, 1.82) is 0 Å². The SMILES string of the molecule is Cn1nccc1Nc1cc(-c2cc3n(c2)CCCn2c-3nnc2C2(C(C)(C)F)CCC2)c(F)cn1. The molecule has 0 amide bonds. The minimum atomic E-state index is -1.38. The van der Waals surface area contributed by atoms with Crippen LogP contribution in [0, 0.1) is 5.82 Å². The minimum Gasteiger partial charge on any atom is -0.344 e. The lowest BCUT2D eigenvalue weighted by Gasteiger charge is -2.47. The van der Waals surface area contributed by atoms with Crippen molar-refractivity contribution in [1.82, 2.24) is 34.1 Å². The number of anilines is 2. The van der Waals surface area contributed by atoms with E-state index in [9.17, 15) is 4.39 Å². The van der Waals surface area contributed by atoms with Gasteiger partial charge in [0.15, 0.2) is 5.82 Å². The number of fused-ring (bicyclic) bond motifs is 3. The summed E-state index contributed by atoms with van der Waals surface area (Å²) < 4.78 is 36.1. The fourth-order valence-electron chi connectivity index (χ4n) is 5.46. The Bertz CT molecular complexity index is 1400. The van der Waals surface area contributed by atoms with E-state index in [-0.39, 0.29) is 0 Å². The molecular formula is C25H28F2N8. The van der Waals surface area contributed by atoms with Gasteiger partial charge in [-0.2, -0.15) is 5.10 Å². The zero-order valence-corrected chi connectivity index (χ0v) is 20.1. The summed E-state index contributed by atoms with van der Waals surface area (Å²) in [6.45, 7) is 4.79. The van der Waals surface area contributed by atoms with Crippen molar-refractivity contribution < 1.29 is 8.78 Å². The standard InChI is InChI=1S/C25H28F2N8/c1-24(2,27)25(7-4-8-25)23-32-31-22-19-12-16(15-34(19)10-5-11-35(22)23)17-13-20(28-14-18(17)26)30-21-6-9-29-33(21)3/h6,9,12-15H,4-5,7-8,10-11H2,1-3H3,(H,28,30). The lowest BCUT2D eigenvalue weighted by molar-refractivity contribution is 0.0172. The molecular weight excluding hydrogens is 450 g/mol. The van der Waals surface area contributed by atoms with E-state index in [0.717, 1.165) is 61.7 Å². The van der Waals surface area contributed by atoms with Gasteiger partial charge in [-0.3, -0.25) is 4.68 Å². The Balaban J connectivity index is 1.40. The molecule has 35 heavy (non-hydrogen) atoms. The highest BCUT2D eigenvalue weighted by atomic mass is 19.1. The van der Waals surface area contributed by atoms with E-state index in [2.05, 4.69) is 34.7 Å². The van der Waals surface area contributed by atoms with Gasteiger partial charge in [0.05, 0.1) is 23.5 Å². The van der Waals surface area contributed by atoms with E-state index in [1.165, 1.54) is 6.20 Å². The van der Waals surface area contributed by atoms with E-state index < -0.39 is 16.9 Å². The first-order valence-electron chi connectivity index (χ1n) is 12.0. The Morgan fingerprint density at radius 1 is 1.11 bits per heavy atom. The van der Waals surface area contributed by atoms with Gasteiger partial charge in [0.25, 0.3) is 0 Å². The van der Waals surface area contributed by atoms with Gasteiger partial charge in [-0.25, -0.2) is 13.8 Å². The number of aromatic nitrogens is 7. The maximum Gasteiger partial charge on any atom is 0.180 e. The van der Waals surface area contributed by atoms with E-state index in [1.54, 1.807) is 30.8 Å². The van der Waals surface area contributed by atoms with Crippen LogP contribution in [0.1, 0.15) is 45.4 Å². The second-order valence-corrected chi connectivity index (χ2v) is 10.1. The fraction of sp³-hybridized carbons (Fsp3) is 0.440. The van der Waals surface area contributed by atoms with E-state index in [0.29, 0.717) is 17.2 Å². The number of hydrogen-bond donors (Lipinski definition) is 1. The van der Waals surface area contributed by atoms with Crippen molar-refractivity contribution in [2.75, 3.05) is 5.32 Å². The van der Waals surface area contributed by atoms with Crippen molar-refractivity contribution in [3.63, 3.8) is 0 Å². The van der Waals surface area contributed by atoms with Crippen LogP contribution in [0.4, 0.5) is 20.4 Å².